The van der Waals surface area contributed by atoms with Gasteiger partial charge in [0.1, 0.15) is 11.5 Å². The van der Waals surface area contributed by atoms with Gasteiger partial charge in [0.2, 0.25) is 0 Å². The molecule has 1 atom stereocenters. The number of carbonyl (C=O) groups is 1. The number of para-hydroxylation sites is 1. The molecular weight excluding hydrogens is 268 g/mol. The Labute approximate surface area is 122 Å². The van der Waals surface area contributed by atoms with E-state index in [9.17, 15) is 9.90 Å². The molecule has 0 aromatic heterocycles. The van der Waals surface area contributed by atoms with Crippen molar-refractivity contribution in [3.8, 4) is 11.5 Å². The van der Waals surface area contributed by atoms with Crippen LogP contribution >= 0.6 is 0 Å². The van der Waals surface area contributed by atoms with E-state index in [-0.39, 0.29) is 18.2 Å². The lowest BCUT2D eigenvalue weighted by Gasteiger charge is -2.12. The summed E-state index contributed by atoms with van der Waals surface area (Å²) in [6.45, 7) is 0.214. The van der Waals surface area contributed by atoms with Gasteiger partial charge in [-0.3, -0.25) is 4.79 Å². The second-order valence-electron chi connectivity index (χ2n) is 5.02. The van der Waals surface area contributed by atoms with E-state index in [1.165, 1.54) is 6.07 Å². The van der Waals surface area contributed by atoms with Crippen molar-refractivity contribution in [3.63, 3.8) is 0 Å². The fraction of sp³-hybridized carbons (Fsp3) is 0.188. The first-order chi connectivity index (χ1) is 10.1. The van der Waals surface area contributed by atoms with Gasteiger partial charge in [-0.05, 0) is 29.8 Å². The minimum atomic E-state index is -0.523. The van der Waals surface area contributed by atoms with Crippen molar-refractivity contribution < 1.29 is 14.6 Å². The van der Waals surface area contributed by atoms with Crippen LogP contribution in [0.4, 0.5) is 5.69 Å². The first-order valence-electron chi connectivity index (χ1n) is 6.73. The Kier molecular flexibility index (Phi) is 3.39. The number of amides is 1. The molecule has 21 heavy (non-hydrogen) atoms. The average Bonchev–Trinajstić information content (AvgIpc) is 2.92. The maximum absolute atomic E-state index is 12.1. The van der Waals surface area contributed by atoms with Crippen LogP contribution in [0.15, 0.2) is 42.5 Å². The van der Waals surface area contributed by atoms with Gasteiger partial charge in [0.25, 0.3) is 5.91 Å². The van der Waals surface area contributed by atoms with Crippen molar-refractivity contribution in [2.75, 3.05) is 5.73 Å². The minimum Gasteiger partial charge on any atom is -0.508 e. The molecule has 1 unspecified atom stereocenters. The highest BCUT2D eigenvalue weighted by Gasteiger charge is 2.28. The molecule has 1 aliphatic rings. The number of nitrogen functional groups attached to an aromatic ring is 1. The lowest BCUT2D eigenvalue weighted by Crippen LogP contribution is -2.37. The van der Waals surface area contributed by atoms with E-state index in [0.717, 1.165) is 11.3 Å². The van der Waals surface area contributed by atoms with Gasteiger partial charge in [-0.25, -0.2) is 0 Å². The number of phenols is 1. The molecule has 0 aliphatic carbocycles. The summed E-state index contributed by atoms with van der Waals surface area (Å²) in [6, 6.07) is 12.4. The summed E-state index contributed by atoms with van der Waals surface area (Å²) >= 11 is 0. The van der Waals surface area contributed by atoms with Gasteiger partial charge in [0, 0.05) is 24.2 Å². The predicted octanol–water partition coefficient (Wildman–Crippen LogP) is 1.59. The maximum atomic E-state index is 12.1. The highest BCUT2D eigenvalue weighted by Crippen LogP contribution is 2.28. The van der Waals surface area contributed by atoms with Crippen molar-refractivity contribution in [1.29, 1.82) is 0 Å². The molecule has 0 fully saturated rings. The highest BCUT2D eigenvalue weighted by molar-refractivity contribution is 5.82. The first-order valence-corrected chi connectivity index (χ1v) is 6.73. The molecule has 4 N–H and O–H groups in total. The van der Waals surface area contributed by atoms with Crippen LogP contribution in [0.5, 0.6) is 11.5 Å². The van der Waals surface area contributed by atoms with E-state index in [4.69, 9.17) is 10.5 Å². The lowest BCUT2D eigenvalue weighted by atomic mass is 10.1. The molecule has 0 saturated carbocycles. The van der Waals surface area contributed by atoms with Crippen LogP contribution in [0.2, 0.25) is 0 Å². The van der Waals surface area contributed by atoms with Gasteiger partial charge >= 0.3 is 0 Å². The summed E-state index contributed by atoms with van der Waals surface area (Å²) in [4.78, 5) is 12.1. The van der Waals surface area contributed by atoms with Gasteiger partial charge in [0.15, 0.2) is 6.10 Å². The molecule has 0 spiro atoms. The van der Waals surface area contributed by atoms with Crippen molar-refractivity contribution in [2.45, 2.75) is 19.1 Å². The summed E-state index contributed by atoms with van der Waals surface area (Å²) in [7, 11) is 0. The van der Waals surface area contributed by atoms with E-state index in [0.29, 0.717) is 17.7 Å². The van der Waals surface area contributed by atoms with Crippen LogP contribution in [-0.2, 0) is 17.8 Å². The second-order valence-corrected chi connectivity index (χ2v) is 5.02. The largest absolute Gasteiger partial charge is 0.508 e. The quantitative estimate of drug-likeness (QED) is 0.590. The molecule has 2 aromatic rings. The Morgan fingerprint density at radius 2 is 2.14 bits per heavy atom. The third-order valence-corrected chi connectivity index (χ3v) is 3.50. The van der Waals surface area contributed by atoms with Gasteiger partial charge in [0.05, 0.1) is 0 Å². The molecule has 0 bridgehead atoms. The Morgan fingerprint density at radius 3 is 2.95 bits per heavy atom. The predicted molar refractivity (Wildman–Crippen MR) is 78.9 cm³/mol. The van der Waals surface area contributed by atoms with Crippen LogP contribution < -0.4 is 15.8 Å². The van der Waals surface area contributed by atoms with Crippen molar-refractivity contribution in [3.05, 3.63) is 53.6 Å². The van der Waals surface area contributed by atoms with Crippen LogP contribution in [0.1, 0.15) is 11.1 Å². The molecule has 5 nitrogen and oxygen atoms in total. The topological polar surface area (TPSA) is 84.6 Å². The van der Waals surface area contributed by atoms with Crippen LogP contribution in [0, 0.1) is 0 Å². The third kappa shape index (κ3) is 2.76. The van der Waals surface area contributed by atoms with Gasteiger partial charge in [-0.1, -0.05) is 18.2 Å². The number of nitrogens with two attached hydrogens (primary N) is 1. The number of hydrogen-bond acceptors (Lipinski definition) is 4. The SMILES string of the molecule is Nc1ccc(O)c(CNC(=O)C2Cc3ccccc3O2)c1. The molecule has 3 rings (SSSR count). The maximum Gasteiger partial charge on any atom is 0.261 e. The summed E-state index contributed by atoms with van der Waals surface area (Å²) in [5.74, 6) is 0.664. The summed E-state index contributed by atoms with van der Waals surface area (Å²) in [6.07, 6.45) is 0.0378. The van der Waals surface area contributed by atoms with Crippen LogP contribution in [-0.4, -0.2) is 17.1 Å². The molecule has 1 aliphatic heterocycles. The van der Waals surface area contributed by atoms with Crippen molar-refractivity contribution in [1.82, 2.24) is 5.32 Å². The number of carbonyl (C=O) groups excluding carboxylic acids is 1. The number of nitrogens with one attached hydrogen (secondary N) is 1. The summed E-state index contributed by atoms with van der Waals surface area (Å²) in [5, 5.41) is 12.5. The minimum absolute atomic E-state index is 0.111. The van der Waals surface area contributed by atoms with E-state index < -0.39 is 6.10 Å². The molecule has 5 heteroatoms. The zero-order valence-electron chi connectivity index (χ0n) is 11.4. The number of ether oxygens (including phenoxy) is 1. The Bertz CT molecular complexity index is 660. The number of hydrogen-bond donors (Lipinski definition) is 3. The molecule has 0 radical (unpaired) electrons. The smallest absolute Gasteiger partial charge is 0.261 e. The number of phenolic OH excluding ortho intramolecular Hbond substituents is 1. The molecule has 1 amide bonds. The standard InChI is InChI=1S/C16H16N2O3/c17-12-5-6-13(19)11(7-12)9-18-16(20)15-8-10-3-1-2-4-14(10)21-15/h1-7,15,19H,8-9,17H2,(H,18,20). The molecule has 2 aromatic carbocycles. The Hall–Kier alpha value is -2.69. The van der Waals surface area contributed by atoms with Crippen molar-refractivity contribution in [2.24, 2.45) is 0 Å². The van der Waals surface area contributed by atoms with E-state index in [1.54, 1.807) is 12.1 Å². The highest BCUT2D eigenvalue weighted by atomic mass is 16.5. The van der Waals surface area contributed by atoms with E-state index >= 15 is 0 Å². The summed E-state index contributed by atoms with van der Waals surface area (Å²) < 4.78 is 5.61. The van der Waals surface area contributed by atoms with E-state index in [1.807, 2.05) is 24.3 Å². The molecule has 1 heterocycles. The third-order valence-electron chi connectivity index (χ3n) is 3.50. The lowest BCUT2D eigenvalue weighted by molar-refractivity contribution is -0.127. The first kappa shape index (κ1) is 13.3. The van der Waals surface area contributed by atoms with Gasteiger partial charge in [-0.2, -0.15) is 0 Å². The van der Waals surface area contributed by atoms with Crippen molar-refractivity contribution >= 4 is 11.6 Å². The van der Waals surface area contributed by atoms with Crippen LogP contribution in [0.3, 0.4) is 0 Å². The number of fused-ring (bicyclic) bond motifs is 1. The monoisotopic (exact) mass is 284 g/mol. The second kappa shape index (κ2) is 5.36. The number of anilines is 1. The molecule has 108 valence electrons. The molecule has 0 saturated heterocycles. The fourth-order valence-corrected chi connectivity index (χ4v) is 2.37. The number of benzene rings is 2. The Morgan fingerprint density at radius 1 is 1.33 bits per heavy atom. The van der Waals surface area contributed by atoms with Crippen LogP contribution in [0.25, 0.3) is 0 Å². The van der Waals surface area contributed by atoms with Gasteiger partial charge in [-0.15, -0.1) is 0 Å². The van der Waals surface area contributed by atoms with Gasteiger partial charge < -0.3 is 20.9 Å². The normalized spacial score (nSPS) is 16.1. The van der Waals surface area contributed by atoms with E-state index in [2.05, 4.69) is 5.32 Å². The summed E-state index contributed by atoms with van der Waals surface area (Å²) in [5.41, 5.74) is 7.82. The fourth-order valence-electron chi connectivity index (χ4n) is 2.37. The zero-order chi connectivity index (χ0) is 14.8. The zero-order valence-corrected chi connectivity index (χ0v) is 11.4. The average molecular weight is 284 g/mol. The number of aromatic hydroxyl groups is 1. The number of rotatable bonds is 3. The molecular formula is C16H16N2O3. The Balaban J connectivity index is 1.62.